The summed E-state index contributed by atoms with van der Waals surface area (Å²) in [5.41, 5.74) is 9.01. The first kappa shape index (κ1) is 23.9. The fourth-order valence-corrected chi connectivity index (χ4v) is 4.96. The molecule has 2 fully saturated rings. The number of nitrogens with one attached hydrogen (secondary N) is 1. The van der Waals surface area contributed by atoms with Crippen LogP contribution in [0, 0.1) is 5.82 Å². The van der Waals surface area contributed by atoms with Crippen LogP contribution >= 0.6 is 0 Å². The Labute approximate surface area is 210 Å². The van der Waals surface area contributed by atoms with Crippen LogP contribution in [0.25, 0.3) is 17.5 Å². The van der Waals surface area contributed by atoms with Crippen molar-refractivity contribution in [3.63, 3.8) is 0 Å². The lowest BCUT2D eigenvalue weighted by atomic mass is 10.1. The van der Waals surface area contributed by atoms with Crippen LogP contribution in [0.15, 0.2) is 54.7 Å². The molecule has 0 aliphatic carbocycles. The van der Waals surface area contributed by atoms with E-state index >= 15 is 0 Å². The highest BCUT2D eigenvalue weighted by atomic mass is 19.1. The number of nitrogens with two attached hydrogens (primary N) is 1. The second-order valence-corrected chi connectivity index (χ2v) is 9.18. The Bertz CT molecular complexity index is 1280. The normalized spacial score (nSPS) is 20.2. The largest absolute Gasteiger partial charge is 0.354 e. The first-order chi connectivity index (χ1) is 17.6. The van der Waals surface area contributed by atoms with Gasteiger partial charge >= 0.3 is 0 Å². The minimum atomic E-state index is -0.227. The van der Waals surface area contributed by atoms with Crippen LogP contribution in [0.3, 0.4) is 0 Å². The number of anilines is 1. The predicted octanol–water partition coefficient (Wildman–Crippen LogP) is 2.85. The maximum Gasteiger partial charge on any atom is 0.268 e. The third kappa shape index (κ3) is 5.36. The highest BCUT2D eigenvalue weighted by molar-refractivity contribution is 5.91. The summed E-state index contributed by atoms with van der Waals surface area (Å²) in [6.45, 7) is 4.68. The van der Waals surface area contributed by atoms with Gasteiger partial charge in [0.1, 0.15) is 29.8 Å². The maximum absolute atomic E-state index is 13.7. The number of H-pyrrole nitrogens is 1. The summed E-state index contributed by atoms with van der Waals surface area (Å²) in [5, 5.41) is 0. The van der Waals surface area contributed by atoms with Gasteiger partial charge in [-0.3, -0.25) is 15.2 Å². The minimum absolute atomic E-state index is 0.0738. The molecule has 0 saturated carbocycles. The monoisotopic (exact) mass is 488 g/mol. The van der Waals surface area contributed by atoms with E-state index in [1.54, 1.807) is 18.3 Å². The molecule has 186 valence electrons. The van der Waals surface area contributed by atoms with Gasteiger partial charge in [-0.05, 0) is 48.7 Å². The Hall–Kier alpha value is -3.85. The van der Waals surface area contributed by atoms with Crippen LogP contribution in [0.4, 0.5) is 10.2 Å². The lowest BCUT2D eigenvalue weighted by Gasteiger charge is -2.34. The van der Waals surface area contributed by atoms with Crippen LogP contribution in [0.2, 0.25) is 0 Å². The molecule has 2 aromatic heterocycles. The summed E-state index contributed by atoms with van der Waals surface area (Å²) in [5.74, 6) is 2.01. The van der Waals surface area contributed by atoms with Gasteiger partial charge in [0.25, 0.3) is 5.84 Å². The highest BCUT2D eigenvalue weighted by Gasteiger charge is 2.28. The van der Waals surface area contributed by atoms with E-state index in [1.807, 2.05) is 36.4 Å². The molecule has 0 bridgehead atoms. The average molecular weight is 489 g/mol. The number of aromatic amines is 1. The van der Waals surface area contributed by atoms with Crippen molar-refractivity contribution in [1.82, 2.24) is 19.9 Å². The average Bonchev–Trinajstić information content (AvgIpc) is 3.58. The smallest absolute Gasteiger partial charge is 0.268 e. The number of halogens is 1. The summed E-state index contributed by atoms with van der Waals surface area (Å²) < 4.78 is 15.9. The third-order valence-corrected chi connectivity index (χ3v) is 6.86. The standard InChI is InChI=1S/C27H30FN7O/c28-21-5-1-4-20(18-21)24-7-3-11-35(24)25(29)9-10-26-30-19-23(31-26)22-6-2-8-27(32-22)34-14-12-33(13-15-34)16-17-36/h1-2,4-6,8-10,17-19,24H,3,7,11-16H2,(H2,29,30,31,32)/p+1/t24-/m1/s1. The molecule has 3 aromatic rings. The SMILES string of the molecule is NC(/C=C\c1ncc(-c2cccc(N3CCN(CC=O)CC3)n2)[nH]1)=[N+]1CCC[C@@H]1c1cccc(F)c1. The fourth-order valence-electron chi connectivity index (χ4n) is 4.96. The van der Waals surface area contributed by atoms with Crippen molar-refractivity contribution < 1.29 is 13.8 Å². The molecule has 1 aromatic carbocycles. The van der Waals surface area contributed by atoms with Gasteiger partial charge in [-0.1, -0.05) is 18.2 Å². The van der Waals surface area contributed by atoms with Crippen molar-refractivity contribution in [2.45, 2.75) is 18.9 Å². The Morgan fingerprint density at radius 2 is 2.03 bits per heavy atom. The molecular weight excluding hydrogens is 457 g/mol. The lowest BCUT2D eigenvalue weighted by Crippen LogP contribution is -2.47. The number of hydrogen-bond donors (Lipinski definition) is 2. The molecule has 0 unspecified atom stereocenters. The molecule has 3 N–H and O–H groups in total. The summed E-state index contributed by atoms with van der Waals surface area (Å²) in [7, 11) is 0. The van der Waals surface area contributed by atoms with Crippen molar-refractivity contribution in [2.24, 2.45) is 5.73 Å². The lowest BCUT2D eigenvalue weighted by molar-refractivity contribution is -0.550. The number of hydrogen-bond acceptors (Lipinski definition) is 5. The maximum atomic E-state index is 13.7. The number of piperazine rings is 1. The third-order valence-electron chi connectivity index (χ3n) is 6.86. The molecule has 9 heteroatoms. The first-order valence-corrected chi connectivity index (χ1v) is 12.4. The van der Waals surface area contributed by atoms with E-state index in [-0.39, 0.29) is 11.9 Å². The van der Waals surface area contributed by atoms with Gasteiger partial charge in [0.2, 0.25) is 0 Å². The van der Waals surface area contributed by atoms with Gasteiger partial charge < -0.3 is 14.7 Å². The predicted molar refractivity (Wildman–Crippen MR) is 138 cm³/mol. The van der Waals surface area contributed by atoms with Gasteiger partial charge in [0.05, 0.1) is 30.7 Å². The minimum Gasteiger partial charge on any atom is -0.354 e. The first-order valence-electron chi connectivity index (χ1n) is 12.4. The molecule has 4 heterocycles. The Kier molecular flexibility index (Phi) is 7.18. The molecule has 0 amide bonds. The molecule has 36 heavy (non-hydrogen) atoms. The molecular formula is C27H31FN7O+. The zero-order valence-electron chi connectivity index (χ0n) is 20.2. The summed E-state index contributed by atoms with van der Waals surface area (Å²) in [6.07, 6.45) is 8.39. The molecule has 2 aliphatic rings. The number of aldehydes is 1. The van der Waals surface area contributed by atoms with Crippen LogP contribution in [0.5, 0.6) is 0 Å². The van der Waals surface area contributed by atoms with Crippen molar-refractivity contribution in [3.05, 3.63) is 71.9 Å². The molecule has 2 aliphatic heterocycles. The fraction of sp³-hybridized carbons (Fsp3) is 0.333. The van der Waals surface area contributed by atoms with Gasteiger partial charge in [0.15, 0.2) is 0 Å². The molecule has 0 spiro atoms. The number of nitrogens with zero attached hydrogens (tertiary/aromatic N) is 5. The summed E-state index contributed by atoms with van der Waals surface area (Å²) in [4.78, 5) is 27.8. The number of imidazole rings is 1. The number of amidine groups is 1. The van der Waals surface area contributed by atoms with Gasteiger partial charge in [-0.25, -0.2) is 14.4 Å². The number of benzene rings is 1. The topological polar surface area (TPSA) is 94.1 Å². The quantitative estimate of drug-likeness (QED) is 0.302. The Morgan fingerprint density at radius 3 is 2.83 bits per heavy atom. The summed E-state index contributed by atoms with van der Waals surface area (Å²) >= 11 is 0. The van der Waals surface area contributed by atoms with E-state index in [2.05, 4.69) is 24.3 Å². The van der Waals surface area contributed by atoms with Crippen LogP contribution in [-0.2, 0) is 4.79 Å². The van der Waals surface area contributed by atoms with Gasteiger partial charge in [0, 0.05) is 32.3 Å². The highest BCUT2D eigenvalue weighted by Crippen LogP contribution is 2.29. The molecule has 5 rings (SSSR count). The van der Waals surface area contributed by atoms with E-state index < -0.39 is 0 Å². The second kappa shape index (κ2) is 10.8. The van der Waals surface area contributed by atoms with Crippen LogP contribution in [0.1, 0.15) is 30.3 Å². The number of pyridine rings is 1. The van der Waals surface area contributed by atoms with Crippen LogP contribution in [-0.4, -0.2) is 75.8 Å². The number of carbonyl (C=O) groups is 1. The van der Waals surface area contributed by atoms with E-state index in [4.69, 9.17) is 10.7 Å². The van der Waals surface area contributed by atoms with Gasteiger partial charge in [-0.2, -0.15) is 0 Å². The molecule has 0 radical (unpaired) electrons. The molecule has 2 saturated heterocycles. The number of rotatable bonds is 7. The van der Waals surface area contributed by atoms with E-state index in [0.717, 1.165) is 74.6 Å². The zero-order valence-corrected chi connectivity index (χ0v) is 20.2. The molecule has 8 nitrogen and oxygen atoms in total. The van der Waals surface area contributed by atoms with Gasteiger partial charge in [-0.15, -0.1) is 0 Å². The second-order valence-electron chi connectivity index (χ2n) is 9.18. The Balaban J connectivity index is 1.28. The van der Waals surface area contributed by atoms with Crippen molar-refractivity contribution in [1.29, 1.82) is 0 Å². The number of aromatic nitrogens is 3. The number of carbonyl (C=O) groups excluding carboxylic acids is 1. The summed E-state index contributed by atoms with van der Waals surface area (Å²) in [6, 6.07) is 12.8. The van der Waals surface area contributed by atoms with Crippen molar-refractivity contribution in [2.75, 3.05) is 44.2 Å². The van der Waals surface area contributed by atoms with E-state index in [1.165, 1.54) is 6.07 Å². The van der Waals surface area contributed by atoms with Crippen LogP contribution < -0.4 is 10.6 Å². The van der Waals surface area contributed by atoms with Crippen molar-refractivity contribution in [3.8, 4) is 11.4 Å². The zero-order chi connectivity index (χ0) is 24.9. The van der Waals surface area contributed by atoms with Crippen molar-refractivity contribution >= 4 is 24.0 Å². The van der Waals surface area contributed by atoms with E-state index in [9.17, 15) is 9.18 Å². The van der Waals surface area contributed by atoms with E-state index in [0.29, 0.717) is 18.2 Å². The molecule has 1 atom stereocenters. The Morgan fingerprint density at radius 1 is 1.19 bits per heavy atom.